The van der Waals surface area contributed by atoms with Crippen molar-refractivity contribution < 1.29 is 0 Å². The van der Waals surface area contributed by atoms with E-state index in [2.05, 4.69) is 38.3 Å². The Morgan fingerprint density at radius 1 is 1.14 bits per heavy atom. The van der Waals surface area contributed by atoms with Crippen LogP contribution < -0.4 is 15.8 Å². The molecule has 1 aliphatic heterocycles. The van der Waals surface area contributed by atoms with Gasteiger partial charge in [-0.1, -0.05) is 44.2 Å². The molecule has 8 nitrogen and oxygen atoms in total. The van der Waals surface area contributed by atoms with Crippen LogP contribution in [-0.2, 0) is 6.54 Å². The molecule has 0 amide bonds. The van der Waals surface area contributed by atoms with Gasteiger partial charge in [-0.05, 0) is 19.4 Å². The molecule has 0 bridgehead atoms. The standard InChI is InChI=1S/C25H35N7OS2/c1-4-19(2)21-23(34-17-10-26-3)27-18-32(24(21)33)16-13-30-11-14-31(15-12-30)25-28-22(29-35-25)20-8-6-5-7-9-20/h5-9,18-19,26H,4,10-17H2,1-3H3. The van der Waals surface area contributed by atoms with Crippen molar-refractivity contribution in [3.05, 3.63) is 52.6 Å². The Hall–Kier alpha value is -2.27. The van der Waals surface area contributed by atoms with Crippen molar-refractivity contribution in [2.75, 3.05) is 57.0 Å². The van der Waals surface area contributed by atoms with Crippen LogP contribution in [0.5, 0.6) is 0 Å². The topological polar surface area (TPSA) is 79.2 Å². The zero-order valence-corrected chi connectivity index (χ0v) is 22.4. The maximum absolute atomic E-state index is 13.3. The number of nitrogens with one attached hydrogen (secondary N) is 1. The number of anilines is 1. The molecule has 1 aromatic carbocycles. The smallest absolute Gasteiger partial charge is 0.257 e. The summed E-state index contributed by atoms with van der Waals surface area (Å²) in [6, 6.07) is 10.1. The molecule has 188 valence electrons. The summed E-state index contributed by atoms with van der Waals surface area (Å²) in [5.74, 6) is 1.91. The highest BCUT2D eigenvalue weighted by molar-refractivity contribution is 7.99. The predicted molar refractivity (Wildman–Crippen MR) is 146 cm³/mol. The van der Waals surface area contributed by atoms with Gasteiger partial charge in [0.05, 0.1) is 11.9 Å². The van der Waals surface area contributed by atoms with Crippen LogP contribution in [-0.4, -0.2) is 75.9 Å². The summed E-state index contributed by atoms with van der Waals surface area (Å²) in [4.78, 5) is 27.5. The summed E-state index contributed by atoms with van der Waals surface area (Å²) >= 11 is 3.14. The zero-order chi connectivity index (χ0) is 24.6. The fourth-order valence-electron chi connectivity index (χ4n) is 4.10. The number of rotatable bonds is 11. The first kappa shape index (κ1) is 25.8. The Kier molecular flexibility index (Phi) is 9.31. The highest BCUT2D eigenvalue weighted by Gasteiger charge is 2.21. The first-order valence-corrected chi connectivity index (χ1v) is 14.1. The van der Waals surface area contributed by atoms with E-state index in [1.807, 2.05) is 37.4 Å². The second kappa shape index (κ2) is 12.6. The van der Waals surface area contributed by atoms with Gasteiger partial charge in [0.15, 0.2) is 5.82 Å². The van der Waals surface area contributed by atoms with E-state index in [4.69, 9.17) is 4.98 Å². The van der Waals surface area contributed by atoms with Crippen LogP contribution in [0, 0.1) is 0 Å². The van der Waals surface area contributed by atoms with Gasteiger partial charge in [-0.15, -0.1) is 11.8 Å². The van der Waals surface area contributed by atoms with Gasteiger partial charge >= 0.3 is 0 Å². The second-order valence-corrected chi connectivity index (χ2v) is 10.6. The van der Waals surface area contributed by atoms with E-state index in [0.29, 0.717) is 6.54 Å². The van der Waals surface area contributed by atoms with Crippen molar-refractivity contribution in [3.8, 4) is 11.4 Å². The normalized spacial score (nSPS) is 15.5. The van der Waals surface area contributed by atoms with Crippen molar-refractivity contribution in [1.29, 1.82) is 0 Å². The Balaban J connectivity index is 1.34. The van der Waals surface area contributed by atoms with Crippen LogP contribution in [0.15, 0.2) is 46.5 Å². The molecule has 35 heavy (non-hydrogen) atoms. The first-order valence-electron chi connectivity index (χ1n) is 12.3. The molecular weight excluding hydrogens is 478 g/mol. The van der Waals surface area contributed by atoms with E-state index in [-0.39, 0.29) is 11.5 Å². The first-order chi connectivity index (χ1) is 17.1. The third kappa shape index (κ3) is 6.49. The average Bonchev–Trinajstić information content (AvgIpc) is 3.39. The van der Waals surface area contributed by atoms with Gasteiger partial charge in [-0.3, -0.25) is 14.3 Å². The van der Waals surface area contributed by atoms with Gasteiger partial charge in [0.25, 0.3) is 5.56 Å². The molecule has 1 fully saturated rings. The summed E-state index contributed by atoms with van der Waals surface area (Å²) < 4.78 is 6.35. The van der Waals surface area contributed by atoms with Crippen molar-refractivity contribution >= 4 is 28.4 Å². The highest BCUT2D eigenvalue weighted by Crippen LogP contribution is 2.26. The zero-order valence-electron chi connectivity index (χ0n) is 20.8. The number of hydrogen-bond acceptors (Lipinski definition) is 9. The Morgan fingerprint density at radius 3 is 2.63 bits per heavy atom. The van der Waals surface area contributed by atoms with Crippen LogP contribution in [0.2, 0.25) is 0 Å². The maximum Gasteiger partial charge on any atom is 0.257 e. The summed E-state index contributed by atoms with van der Waals surface area (Å²) in [6.07, 6.45) is 2.67. The van der Waals surface area contributed by atoms with E-state index in [1.165, 1.54) is 11.5 Å². The lowest BCUT2D eigenvalue weighted by Gasteiger charge is -2.34. The monoisotopic (exact) mass is 513 g/mol. The molecule has 4 rings (SSSR count). The summed E-state index contributed by atoms with van der Waals surface area (Å²) in [5.41, 5.74) is 2.03. The molecule has 1 atom stereocenters. The van der Waals surface area contributed by atoms with Crippen LogP contribution in [0.3, 0.4) is 0 Å². The Labute approximate surface area is 216 Å². The van der Waals surface area contributed by atoms with Gasteiger partial charge < -0.3 is 10.2 Å². The Morgan fingerprint density at radius 2 is 1.91 bits per heavy atom. The SMILES string of the molecule is CCC(C)c1c(SCCNC)ncn(CCN2CCN(c3nc(-c4ccccc4)ns3)CC2)c1=O. The number of aromatic nitrogens is 4. The number of piperazine rings is 1. The summed E-state index contributed by atoms with van der Waals surface area (Å²) in [6.45, 7) is 10.4. The Bertz CT molecular complexity index is 1130. The van der Waals surface area contributed by atoms with Crippen LogP contribution in [0.25, 0.3) is 11.4 Å². The largest absolute Gasteiger partial charge is 0.344 e. The minimum Gasteiger partial charge on any atom is -0.344 e. The molecule has 0 saturated carbocycles. The molecule has 1 saturated heterocycles. The molecule has 2 aromatic heterocycles. The highest BCUT2D eigenvalue weighted by atomic mass is 32.2. The van der Waals surface area contributed by atoms with E-state index in [1.54, 1.807) is 22.7 Å². The molecule has 0 aliphatic carbocycles. The van der Waals surface area contributed by atoms with Crippen LogP contribution in [0.4, 0.5) is 5.13 Å². The molecule has 0 radical (unpaired) electrons. The maximum atomic E-state index is 13.3. The molecule has 3 heterocycles. The number of hydrogen-bond donors (Lipinski definition) is 1. The van der Waals surface area contributed by atoms with Crippen molar-refractivity contribution in [2.45, 2.75) is 37.8 Å². The molecular formula is C25H35N7OS2. The van der Waals surface area contributed by atoms with Crippen molar-refractivity contribution in [2.24, 2.45) is 0 Å². The lowest BCUT2D eigenvalue weighted by atomic mass is 10.0. The van der Waals surface area contributed by atoms with Crippen molar-refractivity contribution in [3.63, 3.8) is 0 Å². The summed E-state index contributed by atoms with van der Waals surface area (Å²) in [5, 5.41) is 5.02. The second-order valence-electron chi connectivity index (χ2n) is 8.82. The third-order valence-corrected chi connectivity index (χ3v) is 8.26. The fraction of sp³-hybridized carbons (Fsp3) is 0.520. The molecule has 10 heteroatoms. The van der Waals surface area contributed by atoms with E-state index >= 15 is 0 Å². The minimum atomic E-state index is 0.113. The average molecular weight is 514 g/mol. The molecule has 1 N–H and O–H groups in total. The van der Waals surface area contributed by atoms with Crippen LogP contribution >= 0.6 is 23.3 Å². The fourth-order valence-corrected chi connectivity index (χ4v) is 5.91. The molecule has 1 unspecified atom stereocenters. The number of benzene rings is 1. The molecule has 3 aromatic rings. The lowest BCUT2D eigenvalue weighted by Crippen LogP contribution is -2.47. The van der Waals surface area contributed by atoms with E-state index < -0.39 is 0 Å². The van der Waals surface area contributed by atoms with Crippen LogP contribution in [0.1, 0.15) is 31.7 Å². The van der Waals surface area contributed by atoms with Gasteiger partial charge in [-0.2, -0.15) is 9.36 Å². The molecule has 0 spiro atoms. The van der Waals surface area contributed by atoms with Gasteiger partial charge in [-0.25, -0.2) is 4.98 Å². The quantitative estimate of drug-likeness (QED) is 0.237. The van der Waals surface area contributed by atoms with Gasteiger partial charge in [0, 0.05) is 68.7 Å². The number of nitrogens with zero attached hydrogens (tertiary/aromatic N) is 6. The number of thioether (sulfide) groups is 1. The third-order valence-electron chi connectivity index (χ3n) is 6.48. The molecule has 1 aliphatic rings. The summed E-state index contributed by atoms with van der Waals surface area (Å²) in [7, 11) is 1.94. The predicted octanol–water partition coefficient (Wildman–Crippen LogP) is 3.41. The van der Waals surface area contributed by atoms with Gasteiger partial charge in [0.1, 0.15) is 5.03 Å². The van der Waals surface area contributed by atoms with E-state index in [9.17, 15) is 4.79 Å². The lowest BCUT2D eigenvalue weighted by molar-refractivity contribution is 0.246. The van der Waals surface area contributed by atoms with E-state index in [0.717, 1.165) is 78.6 Å². The van der Waals surface area contributed by atoms with Gasteiger partial charge in [0.2, 0.25) is 5.13 Å². The van der Waals surface area contributed by atoms with Crippen molar-refractivity contribution in [1.82, 2.24) is 29.1 Å². The minimum absolute atomic E-state index is 0.113.